The summed E-state index contributed by atoms with van der Waals surface area (Å²) in [5.74, 6) is -0.665. The van der Waals surface area contributed by atoms with Crippen LogP contribution in [0.3, 0.4) is 0 Å². The molecule has 2 aromatic heterocycles. The molecule has 1 aliphatic rings. The normalized spacial score (nSPS) is 17.5. The van der Waals surface area contributed by atoms with Crippen molar-refractivity contribution < 1.29 is 17.4 Å². The largest absolute Gasteiger partial charge is 0.450 e. The first-order valence-corrected chi connectivity index (χ1v) is 10.2. The van der Waals surface area contributed by atoms with Crippen LogP contribution in [0.5, 0.6) is 0 Å². The first kappa shape index (κ1) is 17.7. The Labute approximate surface area is 156 Å². The van der Waals surface area contributed by atoms with Gasteiger partial charge in [0, 0.05) is 26.5 Å². The van der Waals surface area contributed by atoms with Gasteiger partial charge in [0.1, 0.15) is 4.83 Å². The van der Waals surface area contributed by atoms with E-state index in [1.165, 1.54) is 24.3 Å². The molecule has 0 N–H and O–H groups in total. The Kier molecular flexibility index (Phi) is 4.20. The SMILES string of the molecule is O=c1c2c3c(sc2nc(C(F)(F)F)n1-c1cccc(Cl)c1)CS(=O)CC3. The summed E-state index contributed by atoms with van der Waals surface area (Å²) >= 11 is 6.90. The van der Waals surface area contributed by atoms with Crippen LogP contribution in [0.4, 0.5) is 13.2 Å². The number of aromatic nitrogens is 2. The Morgan fingerprint density at radius 1 is 1.31 bits per heavy atom. The average molecular weight is 419 g/mol. The summed E-state index contributed by atoms with van der Waals surface area (Å²) < 4.78 is 53.1. The molecule has 3 heterocycles. The van der Waals surface area contributed by atoms with Gasteiger partial charge in [-0.25, -0.2) is 4.98 Å². The molecule has 1 atom stereocenters. The minimum absolute atomic E-state index is 0.00330. The molecule has 0 aliphatic carbocycles. The molecule has 0 fully saturated rings. The predicted octanol–water partition coefficient (Wildman–Crippen LogP) is 3.92. The fraction of sp³-hybridized carbons (Fsp3) is 0.250. The number of rotatable bonds is 1. The first-order chi connectivity index (χ1) is 12.3. The summed E-state index contributed by atoms with van der Waals surface area (Å²) in [6, 6.07) is 5.65. The molecule has 1 aliphatic heterocycles. The van der Waals surface area contributed by atoms with Crippen LogP contribution in [0.2, 0.25) is 5.02 Å². The molecule has 0 radical (unpaired) electrons. The lowest BCUT2D eigenvalue weighted by Gasteiger charge is -2.15. The van der Waals surface area contributed by atoms with Crippen LogP contribution in [0.25, 0.3) is 15.9 Å². The molecule has 4 rings (SSSR count). The van der Waals surface area contributed by atoms with E-state index in [9.17, 15) is 22.2 Å². The molecule has 1 aromatic carbocycles. The predicted molar refractivity (Wildman–Crippen MR) is 95.6 cm³/mol. The number of nitrogens with zero attached hydrogens (tertiary/aromatic N) is 2. The van der Waals surface area contributed by atoms with Gasteiger partial charge < -0.3 is 0 Å². The smallest absolute Gasteiger partial charge is 0.268 e. The van der Waals surface area contributed by atoms with Gasteiger partial charge in [0.2, 0.25) is 5.82 Å². The van der Waals surface area contributed by atoms with Crippen LogP contribution in [0.1, 0.15) is 16.3 Å². The molecule has 0 amide bonds. The van der Waals surface area contributed by atoms with E-state index in [2.05, 4.69) is 4.98 Å². The lowest BCUT2D eigenvalue weighted by Crippen LogP contribution is -2.29. The summed E-state index contributed by atoms with van der Waals surface area (Å²) in [7, 11) is -1.07. The molecule has 4 nitrogen and oxygen atoms in total. The lowest BCUT2D eigenvalue weighted by atomic mass is 10.1. The van der Waals surface area contributed by atoms with Crippen molar-refractivity contribution in [3.8, 4) is 5.69 Å². The Morgan fingerprint density at radius 3 is 2.77 bits per heavy atom. The van der Waals surface area contributed by atoms with Crippen molar-refractivity contribution in [2.45, 2.75) is 18.3 Å². The van der Waals surface area contributed by atoms with E-state index in [0.29, 0.717) is 27.2 Å². The number of hydrogen-bond donors (Lipinski definition) is 0. The molecule has 0 bridgehead atoms. The second-order valence-corrected chi connectivity index (χ2v) is 8.87. The highest BCUT2D eigenvalue weighted by Gasteiger charge is 2.39. The Morgan fingerprint density at radius 2 is 2.08 bits per heavy atom. The number of alkyl halides is 3. The fourth-order valence-electron chi connectivity index (χ4n) is 3.01. The highest BCUT2D eigenvalue weighted by molar-refractivity contribution is 7.84. The number of benzene rings is 1. The van der Waals surface area contributed by atoms with Crippen molar-refractivity contribution in [2.75, 3.05) is 5.75 Å². The van der Waals surface area contributed by atoms with Gasteiger partial charge in [-0.05, 0) is 30.2 Å². The van der Waals surface area contributed by atoms with Crippen LogP contribution >= 0.6 is 22.9 Å². The Hall–Kier alpha value is -1.71. The zero-order valence-electron chi connectivity index (χ0n) is 13.0. The van der Waals surface area contributed by atoms with Gasteiger partial charge in [-0.2, -0.15) is 13.2 Å². The second-order valence-electron chi connectivity index (χ2n) is 5.78. The molecule has 1 unspecified atom stereocenters. The third-order valence-electron chi connectivity index (χ3n) is 4.10. The van der Waals surface area contributed by atoms with E-state index in [4.69, 9.17) is 11.6 Å². The van der Waals surface area contributed by atoms with E-state index in [-0.39, 0.29) is 26.7 Å². The van der Waals surface area contributed by atoms with Crippen molar-refractivity contribution in [3.05, 3.63) is 55.9 Å². The van der Waals surface area contributed by atoms with Crippen LogP contribution in [0.15, 0.2) is 29.1 Å². The highest BCUT2D eigenvalue weighted by atomic mass is 35.5. The monoisotopic (exact) mass is 418 g/mol. The molecule has 3 aromatic rings. The van der Waals surface area contributed by atoms with E-state index >= 15 is 0 Å². The highest BCUT2D eigenvalue weighted by Crippen LogP contribution is 2.36. The fourth-order valence-corrected chi connectivity index (χ4v) is 5.87. The summed E-state index contributed by atoms with van der Waals surface area (Å²) in [6.07, 6.45) is -4.43. The Bertz CT molecular complexity index is 1120. The van der Waals surface area contributed by atoms with E-state index in [0.717, 1.165) is 11.3 Å². The molecular formula is C16H10ClF3N2O2S2. The summed E-state index contributed by atoms with van der Waals surface area (Å²) in [5.41, 5.74) is -0.120. The molecule has 136 valence electrons. The molecule has 10 heteroatoms. The molecule has 0 saturated heterocycles. The molecular weight excluding hydrogens is 409 g/mol. The van der Waals surface area contributed by atoms with E-state index < -0.39 is 28.4 Å². The summed E-state index contributed by atoms with van der Waals surface area (Å²) in [6.45, 7) is 0. The molecule has 0 saturated carbocycles. The number of hydrogen-bond acceptors (Lipinski definition) is 4. The quantitative estimate of drug-likeness (QED) is 0.601. The van der Waals surface area contributed by atoms with Crippen molar-refractivity contribution in [1.29, 1.82) is 0 Å². The van der Waals surface area contributed by atoms with Gasteiger partial charge in [0.05, 0.1) is 16.8 Å². The minimum Gasteiger partial charge on any atom is -0.268 e. The lowest BCUT2D eigenvalue weighted by molar-refractivity contribution is -0.146. The third-order valence-corrected chi connectivity index (χ3v) is 6.91. The van der Waals surface area contributed by atoms with Gasteiger partial charge in [0.25, 0.3) is 5.56 Å². The molecule has 26 heavy (non-hydrogen) atoms. The van der Waals surface area contributed by atoms with Crippen molar-refractivity contribution in [1.82, 2.24) is 9.55 Å². The van der Waals surface area contributed by atoms with Crippen molar-refractivity contribution in [3.63, 3.8) is 0 Å². The number of fused-ring (bicyclic) bond motifs is 3. The van der Waals surface area contributed by atoms with E-state index in [1.807, 2.05) is 0 Å². The number of aryl methyl sites for hydroxylation is 1. The average Bonchev–Trinajstić information content (AvgIpc) is 2.91. The summed E-state index contributed by atoms with van der Waals surface area (Å²) in [4.78, 5) is 17.5. The van der Waals surface area contributed by atoms with Crippen molar-refractivity contribution >= 4 is 44.0 Å². The number of halogens is 4. The van der Waals surface area contributed by atoms with Gasteiger partial charge in [-0.3, -0.25) is 13.6 Å². The third kappa shape index (κ3) is 2.87. The standard InChI is InChI=1S/C16H10ClF3N2O2S2/c17-8-2-1-3-9(6-8)22-14(23)12-10-4-5-26(24)7-11(10)25-13(12)21-15(22)16(18,19)20/h1-3,6H,4-5,7H2. The zero-order valence-corrected chi connectivity index (χ0v) is 15.4. The maximum Gasteiger partial charge on any atom is 0.450 e. The van der Waals surface area contributed by atoms with Crippen molar-refractivity contribution in [2.24, 2.45) is 0 Å². The maximum absolute atomic E-state index is 13.6. The zero-order chi connectivity index (χ0) is 18.6. The van der Waals surface area contributed by atoms with Crippen LogP contribution in [-0.2, 0) is 29.1 Å². The van der Waals surface area contributed by atoms with E-state index in [1.54, 1.807) is 0 Å². The van der Waals surface area contributed by atoms with Gasteiger partial charge in [0.15, 0.2) is 0 Å². The van der Waals surface area contributed by atoms with Gasteiger partial charge >= 0.3 is 6.18 Å². The van der Waals surface area contributed by atoms with Crippen LogP contribution < -0.4 is 5.56 Å². The van der Waals surface area contributed by atoms with Gasteiger partial charge in [-0.1, -0.05) is 17.7 Å². The van der Waals surface area contributed by atoms with Crippen LogP contribution in [-0.4, -0.2) is 19.5 Å². The minimum atomic E-state index is -4.82. The first-order valence-electron chi connectivity index (χ1n) is 7.51. The Balaban J connectivity index is 2.10. The van der Waals surface area contributed by atoms with Crippen LogP contribution in [0, 0.1) is 0 Å². The van der Waals surface area contributed by atoms with Gasteiger partial charge in [-0.15, -0.1) is 11.3 Å². The molecule has 0 spiro atoms. The summed E-state index contributed by atoms with van der Waals surface area (Å²) in [5, 5.41) is 0.389. The second kappa shape index (κ2) is 6.17. The maximum atomic E-state index is 13.6. The number of thiophene rings is 1. The topological polar surface area (TPSA) is 52.0 Å².